The molecule has 1 atom stereocenters. The van der Waals surface area contributed by atoms with Crippen LogP contribution < -0.4 is 10.9 Å². The van der Waals surface area contributed by atoms with Gasteiger partial charge in [-0.3, -0.25) is 15.0 Å². The van der Waals surface area contributed by atoms with Crippen LogP contribution in [-0.2, 0) is 16.0 Å². The molecule has 1 heterocycles. The molecule has 3 rings (SSSR count). The molecule has 0 bridgehead atoms. The highest BCUT2D eigenvalue weighted by atomic mass is 35.5. The molecule has 40 heavy (non-hydrogen) atoms. The molecule has 2 aromatic rings. The summed E-state index contributed by atoms with van der Waals surface area (Å²) in [6.07, 6.45) is 17.5. The Morgan fingerprint density at radius 1 is 1.23 bits per heavy atom. The Hall–Kier alpha value is -4.01. The van der Waals surface area contributed by atoms with E-state index in [4.69, 9.17) is 31.4 Å². The zero-order valence-corrected chi connectivity index (χ0v) is 23.6. The monoisotopic (exact) mass is 562 g/mol. The van der Waals surface area contributed by atoms with E-state index in [1.807, 2.05) is 49.5 Å². The number of carbonyl (C=O) groups excluding carboxylic acids is 1. The van der Waals surface area contributed by atoms with Crippen molar-refractivity contribution in [3.63, 3.8) is 0 Å². The van der Waals surface area contributed by atoms with E-state index < -0.39 is 5.97 Å². The number of methoxy groups -OCH3 is 1. The van der Waals surface area contributed by atoms with Gasteiger partial charge in [0.1, 0.15) is 5.76 Å². The molecule has 8 nitrogen and oxygen atoms in total. The van der Waals surface area contributed by atoms with Crippen molar-refractivity contribution < 1.29 is 19.4 Å². The lowest BCUT2D eigenvalue weighted by Crippen LogP contribution is -2.44. The zero-order valence-electron chi connectivity index (χ0n) is 22.8. The molecule has 1 aliphatic carbocycles. The lowest BCUT2D eigenvalue weighted by molar-refractivity contribution is -0.137. The average Bonchev–Trinajstić information content (AvgIpc) is 3.21. The van der Waals surface area contributed by atoms with Gasteiger partial charge in [-0.25, -0.2) is 15.4 Å². The van der Waals surface area contributed by atoms with Gasteiger partial charge in [0.15, 0.2) is 0 Å². The van der Waals surface area contributed by atoms with E-state index in [0.717, 1.165) is 16.9 Å². The normalized spacial score (nSPS) is 14.4. The smallest absolute Gasteiger partial charge is 0.303 e. The summed E-state index contributed by atoms with van der Waals surface area (Å²) in [4.78, 5) is 33.7. The second kappa shape index (κ2) is 15.5. The minimum atomic E-state index is -0.831. The number of aliphatic carboxylic acids is 1. The van der Waals surface area contributed by atoms with Crippen molar-refractivity contribution in [1.29, 1.82) is 0 Å². The molecule has 9 heteroatoms. The summed E-state index contributed by atoms with van der Waals surface area (Å²) in [7, 11) is 1.64. The van der Waals surface area contributed by atoms with E-state index in [2.05, 4.69) is 17.4 Å². The Morgan fingerprint density at radius 3 is 2.77 bits per heavy atom. The first-order chi connectivity index (χ1) is 19.4. The second-order valence-electron chi connectivity index (χ2n) is 9.13. The number of allylic oxidation sites excluding steroid dienone is 8. The molecular weight excluding hydrogens is 528 g/mol. The maximum Gasteiger partial charge on any atom is 0.303 e. The standard InChI is InChI=1S/C31H35ClN4O4/c1-4-11-22(12-10-19-32)30-26(14-8-9-16-29(37)38)33-27-20-23(17-18-25(27)34-30)31(39)36-35-21(2)24-13-6-5-7-15-28(24)40-3/h4-7,10-13,17-18,20-21,35H,1,8-9,14-16,19H2,2-3H3,(H,36,39)(H,37,38)/b12-10-,22-11+. The summed E-state index contributed by atoms with van der Waals surface area (Å²) < 4.78 is 5.53. The third-order valence-electron chi connectivity index (χ3n) is 6.27. The number of carbonyl (C=O) groups is 2. The molecule has 1 unspecified atom stereocenters. The van der Waals surface area contributed by atoms with Crippen LogP contribution in [-0.4, -0.2) is 46.0 Å². The summed E-state index contributed by atoms with van der Waals surface area (Å²) >= 11 is 5.87. The van der Waals surface area contributed by atoms with Gasteiger partial charge in [-0.2, -0.15) is 0 Å². The lowest BCUT2D eigenvalue weighted by Gasteiger charge is -2.19. The van der Waals surface area contributed by atoms with Crippen molar-refractivity contribution in [1.82, 2.24) is 20.8 Å². The number of hydrogen-bond donors (Lipinski definition) is 3. The van der Waals surface area contributed by atoms with Crippen LogP contribution in [0.2, 0.25) is 0 Å². The van der Waals surface area contributed by atoms with E-state index in [-0.39, 0.29) is 18.4 Å². The fourth-order valence-electron chi connectivity index (χ4n) is 4.25. The number of hydrazine groups is 1. The number of fused-ring (bicyclic) bond motifs is 1. The first kappa shape index (κ1) is 30.5. The number of amides is 1. The Labute approximate surface area is 239 Å². The van der Waals surface area contributed by atoms with Crippen molar-refractivity contribution in [3.05, 3.63) is 102 Å². The van der Waals surface area contributed by atoms with Gasteiger partial charge in [0.05, 0.1) is 35.6 Å². The van der Waals surface area contributed by atoms with Crippen LogP contribution in [0.1, 0.15) is 54.4 Å². The molecular formula is C31H35ClN4O4. The van der Waals surface area contributed by atoms with Crippen LogP contribution >= 0.6 is 11.6 Å². The molecule has 1 aliphatic rings. The number of ether oxygens (including phenoxy) is 1. The minimum absolute atomic E-state index is 0.0860. The quantitative estimate of drug-likeness (QED) is 0.115. The summed E-state index contributed by atoms with van der Waals surface area (Å²) in [6.45, 7) is 5.75. The van der Waals surface area contributed by atoms with E-state index in [1.54, 1.807) is 31.4 Å². The number of rotatable bonds is 14. The molecule has 0 saturated carbocycles. The van der Waals surface area contributed by atoms with E-state index in [1.165, 1.54) is 0 Å². The first-order valence-corrected chi connectivity index (χ1v) is 13.7. The van der Waals surface area contributed by atoms with Gasteiger partial charge < -0.3 is 9.84 Å². The van der Waals surface area contributed by atoms with E-state index in [0.29, 0.717) is 59.5 Å². The highest BCUT2D eigenvalue weighted by Gasteiger charge is 2.17. The summed E-state index contributed by atoms with van der Waals surface area (Å²) in [6, 6.07) is 4.98. The number of nitrogens with one attached hydrogen (secondary N) is 2. The zero-order chi connectivity index (χ0) is 28.9. The highest BCUT2D eigenvalue weighted by molar-refractivity contribution is 6.19. The van der Waals surface area contributed by atoms with Crippen molar-refractivity contribution >= 4 is 40.1 Å². The molecule has 0 spiro atoms. The van der Waals surface area contributed by atoms with Crippen molar-refractivity contribution in [3.8, 4) is 0 Å². The third kappa shape index (κ3) is 8.49. The third-order valence-corrected chi connectivity index (χ3v) is 6.45. The topological polar surface area (TPSA) is 113 Å². The van der Waals surface area contributed by atoms with E-state index >= 15 is 0 Å². The highest BCUT2D eigenvalue weighted by Crippen LogP contribution is 2.24. The average molecular weight is 563 g/mol. The molecule has 210 valence electrons. The molecule has 0 saturated heterocycles. The van der Waals surface area contributed by atoms with E-state index in [9.17, 15) is 9.59 Å². The maximum atomic E-state index is 13.0. The SMILES string of the molecule is C=C/C=C(\C=C/CCl)c1nc2ccc(C(=O)NNC(C)C3=C(OC)CC=CC=C3)cc2nc1CCCCC(=O)O. The Kier molecular flexibility index (Phi) is 11.9. The van der Waals surface area contributed by atoms with Crippen LogP contribution in [0.25, 0.3) is 16.6 Å². The van der Waals surface area contributed by atoms with Crippen molar-refractivity contribution in [2.45, 2.75) is 45.1 Å². The fourth-order valence-corrected chi connectivity index (χ4v) is 4.34. The molecule has 1 aromatic carbocycles. The van der Waals surface area contributed by atoms with Crippen molar-refractivity contribution in [2.24, 2.45) is 0 Å². The number of nitrogens with zero attached hydrogens (tertiary/aromatic N) is 2. The second-order valence-corrected chi connectivity index (χ2v) is 9.44. The van der Waals surface area contributed by atoms with Crippen LogP contribution in [0.5, 0.6) is 0 Å². The number of aromatic nitrogens is 2. The first-order valence-electron chi connectivity index (χ1n) is 13.1. The van der Waals surface area contributed by atoms with Crippen LogP contribution in [0.4, 0.5) is 0 Å². The van der Waals surface area contributed by atoms with Gasteiger partial charge in [-0.1, -0.05) is 55.2 Å². The number of halogens is 1. The van der Waals surface area contributed by atoms with Crippen LogP contribution in [0, 0.1) is 0 Å². The Balaban J connectivity index is 1.87. The maximum absolute atomic E-state index is 13.0. The largest absolute Gasteiger partial charge is 0.500 e. The molecule has 1 aromatic heterocycles. The molecule has 3 N–H and O–H groups in total. The number of benzene rings is 1. The molecule has 0 fully saturated rings. The molecule has 0 radical (unpaired) electrons. The summed E-state index contributed by atoms with van der Waals surface area (Å²) in [5.41, 5.74) is 10.6. The number of carboxylic acids is 1. The predicted molar refractivity (Wildman–Crippen MR) is 160 cm³/mol. The number of hydrogen-bond acceptors (Lipinski definition) is 6. The molecule has 1 amide bonds. The summed E-state index contributed by atoms with van der Waals surface area (Å²) in [5.74, 6) is 0.0290. The van der Waals surface area contributed by atoms with Crippen LogP contribution in [0.15, 0.2) is 84.7 Å². The van der Waals surface area contributed by atoms with Gasteiger partial charge in [-0.05, 0) is 44.4 Å². The summed E-state index contributed by atoms with van der Waals surface area (Å²) in [5, 5.41) is 9.01. The Morgan fingerprint density at radius 2 is 2.05 bits per heavy atom. The Bertz CT molecular complexity index is 1390. The predicted octanol–water partition coefficient (Wildman–Crippen LogP) is 5.83. The lowest BCUT2D eigenvalue weighted by atomic mass is 10.0. The number of alkyl halides is 1. The van der Waals surface area contributed by atoms with Gasteiger partial charge in [0.2, 0.25) is 0 Å². The van der Waals surface area contributed by atoms with Gasteiger partial charge in [-0.15, -0.1) is 11.6 Å². The number of aryl methyl sites for hydroxylation is 1. The fraction of sp³-hybridized carbons (Fsp3) is 0.290. The van der Waals surface area contributed by atoms with Gasteiger partial charge in [0, 0.05) is 35.4 Å². The van der Waals surface area contributed by atoms with Gasteiger partial charge >= 0.3 is 5.97 Å². The minimum Gasteiger partial charge on any atom is -0.500 e. The molecule has 0 aliphatic heterocycles. The van der Waals surface area contributed by atoms with Crippen molar-refractivity contribution in [2.75, 3.05) is 13.0 Å². The van der Waals surface area contributed by atoms with Crippen LogP contribution in [0.3, 0.4) is 0 Å². The number of unbranched alkanes of at least 4 members (excludes halogenated alkanes) is 1. The number of carboxylic acid groups (broad SMARTS) is 1. The van der Waals surface area contributed by atoms with Gasteiger partial charge in [0.25, 0.3) is 5.91 Å².